The van der Waals surface area contributed by atoms with Gasteiger partial charge in [0.15, 0.2) is 0 Å². The second-order valence-electron chi connectivity index (χ2n) is 27.8. The van der Waals surface area contributed by atoms with Gasteiger partial charge in [0.2, 0.25) is 0 Å². The molecule has 2 spiro atoms. The van der Waals surface area contributed by atoms with E-state index in [9.17, 15) is 0 Å². The molecule has 0 bridgehead atoms. The number of benzene rings is 20. The summed E-state index contributed by atoms with van der Waals surface area (Å²) in [6.07, 6.45) is 4.57. The summed E-state index contributed by atoms with van der Waals surface area (Å²) in [6.45, 7) is 0. The largest absolute Gasteiger partial charge is 0.248 e. The van der Waals surface area contributed by atoms with E-state index in [2.05, 4.69) is 82.7 Å². The first-order chi connectivity index (χ1) is 39.9. The number of hydrazone groups is 1. The van der Waals surface area contributed by atoms with Gasteiger partial charge in [-0.05, 0) is 326 Å². The minimum Gasteiger partial charge on any atom is -0.248 e. The summed E-state index contributed by atoms with van der Waals surface area (Å²) in [5.74, 6) is 0. The second-order valence-corrected chi connectivity index (χ2v) is 27.8. The van der Waals surface area contributed by atoms with Gasteiger partial charge in [-0.2, -0.15) is 10.2 Å². The average molecular weight is 981 g/mol. The molecule has 4 aliphatic carbocycles. The molecule has 4 nitrogen and oxygen atoms in total. The van der Waals surface area contributed by atoms with Gasteiger partial charge in [-0.25, -0.2) is 9.69 Å². The van der Waals surface area contributed by atoms with Crippen molar-refractivity contribution in [1.82, 2.24) is 9.78 Å². The highest BCUT2D eigenvalue weighted by molar-refractivity contribution is 6.82. The summed E-state index contributed by atoms with van der Waals surface area (Å²) < 4.78 is 2.14. The maximum atomic E-state index is 6.58. The van der Waals surface area contributed by atoms with E-state index in [0.29, 0.717) is 0 Å². The molecule has 0 saturated carbocycles. The fraction of sp³-hybridized carbons (Fsp3) is 0.0263. The summed E-state index contributed by atoms with van der Waals surface area (Å²) in [4.78, 5) is 0. The summed E-state index contributed by atoms with van der Waals surface area (Å²) in [6, 6.07) is 22.4. The molecule has 1 aliphatic heterocycles. The lowest BCUT2D eigenvalue weighted by molar-refractivity contribution is 0.425. The van der Waals surface area contributed by atoms with Gasteiger partial charge in [0.25, 0.3) is 0 Å². The van der Waals surface area contributed by atoms with E-state index < -0.39 is 11.0 Å². The van der Waals surface area contributed by atoms with Crippen LogP contribution in [0.1, 0.15) is 27.8 Å². The first kappa shape index (κ1) is 30.5. The summed E-state index contributed by atoms with van der Waals surface area (Å²) in [7, 11) is 0. The van der Waals surface area contributed by atoms with Crippen molar-refractivity contribution < 1.29 is 0 Å². The molecule has 0 amide bonds. The van der Waals surface area contributed by atoms with Crippen molar-refractivity contribution in [1.29, 1.82) is 0 Å². The number of hydrogen-bond acceptors (Lipinski definition) is 3. The fourth-order valence-corrected chi connectivity index (χ4v) is 26.5. The van der Waals surface area contributed by atoms with Crippen molar-refractivity contribution in [3.63, 3.8) is 0 Å². The molecule has 80 heavy (non-hydrogen) atoms. The SMILES string of the molecule is c1ccc(N2N=C(c3cnn(-c4ccccc4)c3)C34c5c6c7c8c9c%10c(c%11c%12c3c3c5c5c%13c6c6c7c7c9c9c%14c%10c%10c%11c%11c%12c%12c3c3c5c5c%13c%13c6c6c7c9c7c9c%14c%10c%10c%11c%11c%12c3c3c5c5c%13c6c7c6c9c%10c%11c3c56)C824)cc1. The van der Waals surface area contributed by atoms with Crippen LogP contribution in [0.5, 0.6) is 0 Å². The fourth-order valence-electron chi connectivity index (χ4n) is 26.5. The van der Waals surface area contributed by atoms with Crippen molar-refractivity contribution in [3.05, 3.63) is 101 Å². The van der Waals surface area contributed by atoms with Crippen LogP contribution < -0.4 is 5.01 Å². The smallest absolute Gasteiger partial charge is 0.135 e. The molecule has 31 aromatic rings. The normalized spacial score (nSPS) is 21.1. The molecule has 0 fully saturated rings. The van der Waals surface area contributed by atoms with Gasteiger partial charge < -0.3 is 0 Å². The molecule has 0 unspecified atom stereocenters. The molecule has 30 aromatic carbocycles. The third-order valence-electron chi connectivity index (χ3n) is 27.0. The quantitative estimate of drug-likeness (QED) is 0.165. The number of aromatic nitrogens is 2. The summed E-state index contributed by atoms with van der Waals surface area (Å²) >= 11 is 0. The molecule has 0 saturated heterocycles. The van der Waals surface area contributed by atoms with E-state index in [0.717, 1.165) is 11.3 Å². The molecule has 5 aliphatic rings. The second kappa shape index (κ2) is 7.27. The first-order valence-corrected chi connectivity index (χ1v) is 29.2. The van der Waals surface area contributed by atoms with Gasteiger partial charge in [0.1, 0.15) is 11.0 Å². The Balaban J connectivity index is 1.05. The standard InChI is InChI=1S/C76H12N4/c1-3-7-14(8-4-1)79-12-13(11-77-79)74-75-70-62-54-44-34-26-18-16-17-20-24-22(18)30-38-32(24)42-36-28(20)29-21(17)25-23-19(16)27(26)35-41-31(23)39-33(25)43-37(29)47-46(36)58-52(42)60-50(38)56(48(54)40(30)34)64(70)66(60)72-68(58)69-59(47)53(43)61-51(39)57-49(41)55(45(35)44)63(62)71(75)65(57)67(61)73(69)76(72,75)80(78-74)15-9-5-2-6-10-15/h1-12H. The molecule has 1 aromatic heterocycles. The Bertz CT molecular complexity index is 8000. The van der Waals surface area contributed by atoms with Crippen LogP contribution in [0.4, 0.5) is 5.69 Å². The molecule has 336 valence electrons. The molecular formula is C76H12N4. The summed E-state index contributed by atoms with van der Waals surface area (Å²) in [5.41, 5.74) is 9.40. The molecule has 0 N–H and O–H groups in total. The third kappa shape index (κ3) is 1.73. The Morgan fingerprint density at radius 1 is 0.250 bits per heavy atom. The minimum absolute atomic E-state index is 0.723. The number of hydrogen-bond donors (Lipinski definition) is 0. The van der Waals surface area contributed by atoms with Gasteiger partial charge in [-0.3, -0.25) is 0 Å². The number of rotatable bonds is 3. The third-order valence-corrected chi connectivity index (χ3v) is 27.0. The predicted octanol–water partition coefficient (Wildman–Crippen LogP) is 19.4. The highest BCUT2D eigenvalue weighted by atomic mass is 15.5. The number of nitrogens with zero attached hydrogens (tertiary/aromatic N) is 4. The maximum absolute atomic E-state index is 6.58. The number of para-hydroxylation sites is 2. The topological polar surface area (TPSA) is 33.4 Å². The van der Waals surface area contributed by atoms with Gasteiger partial charge in [-0.1, -0.05) is 36.4 Å². The van der Waals surface area contributed by atoms with Crippen molar-refractivity contribution in [3.8, 4) is 5.69 Å². The van der Waals surface area contributed by atoms with Gasteiger partial charge in [0.05, 0.1) is 23.3 Å². The minimum atomic E-state index is -0.746. The zero-order valence-corrected chi connectivity index (χ0v) is 40.7. The van der Waals surface area contributed by atoms with E-state index in [1.807, 2.05) is 0 Å². The zero-order chi connectivity index (χ0) is 47.8. The van der Waals surface area contributed by atoms with Gasteiger partial charge in [0, 0.05) is 22.9 Å². The van der Waals surface area contributed by atoms with Gasteiger partial charge >= 0.3 is 0 Å². The van der Waals surface area contributed by atoms with Crippen molar-refractivity contribution in [2.75, 3.05) is 5.01 Å². The maximum Gasteiger partial charge on any atom is 0.135 e. The van der Waals surface area contributed by atoms with Crippen LogP contribution in [-0.2, 0) is 11.0 Å². The lowest BCUT2D eigenvalue weighted by Gasteiger charge is -2.53. The van der Waals surface area contributed by atoms with Crippen LogP contribution in [0, 0.1) is 0 Å². The summed E-state index contributed by atoms with van der Waals surface area (Å²) in [5, 5.41) is 101. The van der Waals surface area contributed by atoms with Crippen LogP contribution in [0.25, 0.3) is 297 Å². The lowest BCUT2D eigenvalue weighted by Crippen LogP contribution is -2.59. The Kier molecular flexibility index (Phi) is 2.77. The van der Waals surface area contributed by atoms with Crippen molar-refractivity contribution in [2.45, 2.75) is 11.0 Å². The van der Waals surface area contributed by atoms with E-state index in [4.69, 9.17) is 10.2 Å². The van der Waals surface area contributed by atoms with E-state index in [1.165, 1.54) is 11.4 Å². The van der Waals surface area contributed by atoms with Crippen LogP contribution >= 0.6 is 0 Å². The molecular weight excluding hydrogens is 969 g/mol. The average Bonchev–Trinajstić information content (AvgIpc) is 1.77. The van der Waals surface area contributed by atoms with E-state index in [1.54, 1.807) is 313 Å². The zero-order valence-electron chi connectivity index (χ0n) is 40.7. The molecule has 36 rings (SSSR count). The molecule has 0 atom stereocenters. The Hall–Kier alpha value is -10.4. The van der Waals surface area contributed by atoms with Gasteiger partial charge in [-0.15, -0.1) is 0 Å². The Morgan fingerprint density at radius 2 is 0.487 bits per heavy atom. The first-order valence-electron chi connectivity index (χ1n) is 29.2. The Morgan fingerprint density at radius 3 is 0.762 bits per heavy atom. The number of anilines is 1. The van der Waals surface area contributed by atoms with E-state index in [-0.39, 0.29) is 0 Å². The monoisotopic (exact) mass is 980 g/mol. The Labute approximate surface area is 437 Å². The van der Waals surface area contributed by atoms with Crippen LogP contribution in [-0.4, -0.2) is 15.5 Å². The van der Waals surface area contributed by atoms with E-state index >= 15 is 0 Å². The van der Waals surface area contributed by atoms with Crippen LogP contribution in [0.2, 0.25) is 0 Å². The lowest BCUT2D eigenvalue weighted by atomic mass is 9.51. The van der Waals surface area contributed by atoms with Crippen LogP contribution in [0.15, 0.2) is 78.2 Å². The highest BCUT2D eigenvalue weighted by Crippen LogP contribution is 2.86. The molecule has 2 heterocycles. The van der Waals surface area contributed by atoms with Crippen molar-refractivity contribution >= 4 is 302 Å². The predicted molar refractivity (Wildman–Crippen MR) is 333 cm³/mol. The molecule has 4 heteroatoms. The molecule has 0 radical (unpaired) electrons. The highest BCUT2D eigenvalue weighted by Gasteiger charge is 2.77. The van der Waals surface area contributed by atoms with Crippen LogP contribution in [0.3, 0.4) is 0 Å². The van der Waals surface area contributed by atoms with Crippen molar-refractivity contribution in [2.24, 2.45) is 5.10 Å².